The van der Waals surface area contributed by atoms with Gasteiger partial charge in [-0.15, -0.1) is 0 Å². The Balaban J connectivity index is 1.90. The van der Waals surface area contributed by atoms with Gasteiger partial charge < -0.3 is 5.32 Å². The maximum absolute atomic E-state index is 12.0. The van der Waals surface area contributed by atoms with Gasteiger partial charge in [0.2, 0.25) is 5.91 Å². The van der Waals surface area contributed by atoms with Crippen LogP contribution in [0.15, 0.2) is 47.6 Å². The predicted molar refractivity (Wildman–Crippen MR) is 72.8 cm³/mol. The Bertz CT molecular complexity index is 701. The SMILES string of the molecule is O=C1CC(C(=O)Nc2cccc3ccccc23)=NN1. The first-order valence-electron chi connectivity index (χ1n) is 5.88. The Morgan fingerprint density at radius 1 is 1.16 bits per heavy atom. The molecule has 0 atom stereocenters. The van der Waals surface area contributed by atoms with E-state index < -0.39 is 0 Å². The van der Waals surface area contributed by atoms with Crippen LogP contribution in [0.25, 0.3) is 10.8 Å². The van der Waals surface area contributed by atoms with Crippen LogP contribution >= 0.6 is 0 Å². The number of benzene rings is 2. The van der Waals surface area contributed by atoms with Crippen LogP contribution in [0.2, 0.25) is 0 Å². The van der Waals surface area contributed by atoms with Gasteiger partial charge in [0.15, 0.2) is 0 Å². The van der Waals surface area contributed by atoms with Gasteiger partial charge in [-0.2, -0.15) is 5.10 Å². The van der Waals surface area contributed by atoms with Crippen LogP contribution < -0.4 is 10.7 Å². The van der Waals surface area contributed by atoms with E-state index in [1.54, 1.807) is 0 Å². The van der Waals surface area contributed by atoms with Crippen LogP contribution in [0.1, 0.15) is 6.42 Å². The molecule has 0 saturated heterocycles. The van der Waals surface area contributed by atoms with E-state index in [4.69, 9.17) is 0 Å². The molecular formula is C14H11N3O2. The Hall–Kier alpha value is -2.69. The van der Waals surface area contributed by atoms with Crippen molar-refractivity contribution in [1.82, 2.24) is 5.43 Å². The van der Waals surface area contributed by atoms with Crippen LogP contribution in [-0.2, 0) is 9.59 Å². The van der Waals surface area contributed by atoms with E-state index in [0.717, 1.165) is 10.8 Å². The lowest BCUT2D eigenvalue weighted by atomic mass is 10.1. The number of carbonyl (C=O) groups is 2. The number of hydrazone groups is 1. The molecule has 2 aromatic rings. The molecular weight excluding hydrogens is 242 g/mol. The van der Waals surface area contributed by atoms with E-state index in [-0.39, 0.29) is 23.9 Å². The maximum atomic E-state index is 12.0. The second-order valence-electron chi connectivity index (χ2n) is 4.25. The number of fused-ring (bicyclic) bond motifs is 1. The summed E-state index contributed by atoms with van der Waals surface area (Å²) in [6.45, 7) is 0. The standard InChI is InChI=1S/C14H11N3O2/c18-13-8-12(16-17-13)14(19)15-11-7-3-5-9-4-1-2-6-10(9)11/h1-7H,8H2,(H,15,19)(H,17,18). The highest BCUT2D eigenvalue weighted by Crippen LogP contribution is 2.23. The van der Waals surface area contributed by atoms with E-state index in [0.29, 0.717) is 5.69 Å². The van der Waals surface area contributed by atoms with Crippen LogP contribution in [0, 0.1) is 0 Å². The van der Waals surface area contributed by atoms with Crippen molar-refractivity contribution >= 4 is 34.0 Å². The molecule has 0 aliphatic carbocycles. The lowest BCUT2D eigenvalue weighted by Crippen LogP contribution is -2.22. The number of hydrogen-bond donors (Lipinski definition) is 2. The number of nitrogens with one attached hydrogen (secondary N) is 2. The molecule has 0 unspecified atom stereocenters. The number of carbonyl (C=O) groups excluding carboxylic acids is 2. The quantitative estimate of drug-likeness (QED) is 0.854. The zero-order chi connectivity index (χ0) is 13.2. The predicted octanol–water partition coefficient (Wildman–Crippen LogP) is 1.65. The van der Waals surface area contributed by atoms with Crippen LogP contribution in [0.4, 0.5) is 5.69 Å². The molecule has 0 radical (unpaired) electrons. The summed E-state index contributed by atoms with van der Waals surface area (Å²) in [6, 6.07) is 13.4. The van der Waals surface area contributed by atoms with Gasteiger partial charge in [0.05, 0.1) is 6.42 Å². The van der Waals surface area contributed by atoms with Gasteiger partial charge in [0, 0.05) is 11.1 Å². The first-order chi connectivity index (χ1) is 9.24. The van der Waals surface area contributed by atoms with Crippen molar-refractivity contribution in [2.24, 2.45) is 5.10 Å². The van der Waals surface area contributed by atoms with E-state index in [1.165, 1.54) is 0 Å². The van der Waals surface area contributed by atoms with Gasteiger partial charge in [0.25, 0.3) is 5.91 Å². The molecule has 5 nitrogen and oxygen atoms in total. The average Bonchev–Trinajstić information content (AvgIpc) is 2.86. The Morgan fingerprint density at radius 3 is 2.74 bits per heavy atom. The summed E-state index contributed by atoms with van der Waals surface area (Å²) in [4.78, 5) is 23.0. The highest BCUT2D eigenvalue weighted by Gasteiger charge is 2.21. The van der Waals surface area contributed by atoms with Crippen LogP contribution in [-0.4, -0.2) is 17.5 Å². The van der Waals surface area contributed by atoms with Gasteiger partial charge in [0.1, 0.15) is 5.71 Å². The minimum atomic E-state index is -0.352. The summed E-state index contributed by atoms with van der Waals surface area (Å²) in [5.41, 5.74) is 3.18. The first-order valence-corrected chi connectivity index (χ1v) is 5.88. The summed E-state index contributed by atoms with van der Waals surface area (Å²) in [5, 5.41) is 8.48. The Labute approximate surface area is 109 Å². The fourth-order valence-electron chi connectivity index (χ4n) is 2.02. The molecule has 0 bridgehead atoms. The topological polar surface area (TPSA) is 70.6 Å². The average molecular weight is 253 g/mol. The second kappa shape index (κ2) is 4.53. The zero-order valence-electron chi connectivity index (χ0n) is 10.0. The largest absolute Gasteiger partial charge is 0.320 e. The lowest BCUT2D eigenvalue weighted by molar-refractivity contribution is -0.119. The van der Waals surface area contributed by atoms with Crippen molar-refractivity contribution in [2.75, 3.05) is 5.32 Å². The molecule has 0 fully saturated rings. The molecule has 0 saturated carbocycles. The van der Waals surface area contributed by atoms with Gasteiger partial charge in [-0.3, -0.25) is 9.59 Å². The fraction of sp³-hybridized carbons (Fsp3) is 0.0714. The molecule has 2 amide bonds. The highest BCUT2D eigenvalue weighted by molar-refractivity contribution is 6.47. The van der Waals surface area contributed by atoms with Gasteiger partial charge >= 0.3 is 0 Å². The van der Waals surface area contributed by atoms with Crippen molar-refractivity contribution in [3.63, 3.8) is 0 Å². The third kappa shape index (κ3) is 2.18. The third-order valence-electron chi connectivity index (χ3n) is 2.94. The van der Waals surface area contributed by atoms with Gasteiger partial charge in [-0.05, 0) is 11.5 Å². The number of nitrogens with zero attached hydrogens (tertiary/aromatic N) is 1. The first kappa shape index (κ1) is 11.4. The van der Waals surface area contributed by atoms with Crippen molar-refractivity contribution in [3.8, 4) is 0 Å². The van der Waals surface area contributed by atoms with Crippen molar-refractivity contribution in [3.05, 3.63) is 42.5 Å². The smallest absolute Gasteiger partial charge is 0.272 e. The molecule has 1 heterocycles. The van der Waals surface area contributed by atoms with E-state index >= 15 is 0 Å². The van der Waals surface area contributed by atoms with Crippen molar-refractivity contribution in [2.45, 2.75) is 6.42 Å². The third-order valence-corrected chi connectivity index (χ3v) is 2.94. The molecule has 0 spiro atoms. The minimum Gasteiger partial charge on any atom is -0.320 e. The highest BCUT2D eigenvalue weighted by atomic mass is 16.2. The molecule has 94 valence electrons. The summed E-state index contributed by atoms with van der Waals surface area (Å²) in [7, 11) is 0. The van der Waals surface area contributed by atoms with Crippen molar-refractivity contribution < 1.29 is 9.59 Å². The molecule has 19 heavy (non-hydrogen) atoms. The Morgan fingerprint density at radius 2 is 1.95 bits per heavy atom. The number of hydrogen-bond acceptors (Lipinski definition) is 3. The fourth-order valence-corrected chi connectivity index (χ4v) is 2.02. The van der Waals surface area contributed by atoms with Gasteiger partial charge in [-0.1, -0.05) is 36.4 Å². The Kier molecular flexibility index (Phi) is 2.72. The molecule has 3 rings (SSSR count). The molecule has 5 heteroatoms. The number of rotatable bonds is 2. The maximum Gasteiger partial charge on any atom is 0.272 e. The second-order valence-corrected chi connectivity index (χ2v) is 4.25. The molecule has 2 aromatic carbocycles. The molecule has 1 aliphatic rings. The monoisotopic (exact) mass is 253 g/mol. The molecule has 1 aliphatic heterocycles. The van der Waals surface area contributed by atoms with E-state index in [1.807, 2.05) is 42.5 Å². The number of anilines is 1. The van der Waals surface area contributed by atoms with Crippen LogP contribution in [0.3, 0.4) is 0 Å². The van der Waals surface area contributed by atoms with E-state index in [2.05, 4.69) is 15.8 Å². The number of amides is 2. The summed E-state index contributed by atoms with van der Waals surface area (Å²) < 4.78 is 0. The van der Waals surface area contributed by atoms with E-state index in [9.17, 15) is 9.59 Å². The normalized spacial score (nSPS) is 14.1. The lowest BCUT2D eigenvalue weighted by Gasteiger charge is -2.07. The molecule has 2 N–H and O–H groups in total. The summed E-state index contributed by atoms with van der Waals surface area (Å²) in [5.74, 6) is -0.613. The minimum absolute atomic E-state index is 0.0244. The van der Waals surface area contributed by atoms with Gasteiger partial charge in [-0.25, -0.2) is 5.43 Å². The summed E-state index contributed by atoms with van der Waals surface area (Å²) in [6.07, 6.45) is 0.0244. The zero-order valence-corrected chi connectivity index (χ0v) is 10.0. The van der Waals surface area contributed by atoms with Crippen molar-refractivity contribution in [1.29, 1.82) is 0 Å². The molecule has 0 aromatic heterocycles. The van der Waals surface area contributed by atoms with Crippen LogP contribution in [0.5, 0.6) is 0 Å². The summed E-state index contributed by atoms with van der Waals surface area (Å²) >= 11 is 0.